The SMILES string of the molecule is O=C(CCN1CCCCCC1)Cc1cccs1. The van der Waals surface area contributed by atoms with Gasteiger partial charge in [-0.1, -0.05) is 18.9 Å². The summed E-state index contributed by atoms with van der Waals surface area (Å²) in [5, 5.41) is 2.04. The molecule has 2 rings (SSSR count). The molecule has 1 aromatic heterocycles. The molecule has 94 valence electrons. The van der Waals surface area contributed by atoms with E-state index >= 15 is 0 Å². The van der Waals surface area contributed by atoms with Gasteiger partial charge >= 0.3 is 0 Å². The molecule has 3 heteroatoms. The first kappa shape index (κ1) is 12.8. The lowest BCUT2D eigenvalue weighted by Crippen LogP contribution is -2.27. The van der Waals surface area contributed by atoms with Crippen LogP contribution in [-0.4, -0.2) is 30.3 Å². The summed E-state index contributed by atoms with van der Waals surface area (Å²) in [6.07, 6.45) is 6.68. The molecule has 0 aromatic carbocycles. The van der Waals surface area contributed by atoms with Gasteiger partial charge in [0.15, 0.2) is 0 Å². The van der Waals surface area contributed by atoms with Gasteiger partial charge in [0.05, 0.1) is 0 Å². The normalized spacial score (nSPS) is 17.9. The van der Waals surface area contributed by atoms with Gasteiger partial charge in [-0.25, -0.2) is 0 Å². The summed E-state index contributed by atoms with van der Waals surface area (Å²) in [7, 11) is 0. The molecular formula is C14H21NOS. The maximum atomic E-state index is 11.8. The van der Waals surface area contributed by atoms with Crippen LogP contribution in [0.3, 0.4) is 0 Å². The van der Waals surface area contributed by atoms with Gasteiger partial charge in [-0.2, -0.15) is 0 Å². The summed E-state index contributed by atoms with van der Waals surface area (Å²) in [5.74, 6) is 0.386. The van der Waals surface area contributed by atoms with E-state index in [4.69, 9.17) is 0 Å². The van der Waals surface area contributed by atoms with E-state index in [1.54, 1.807) is 11.3 Å². The molecule has 0 amide bonds. The first-order valence-corrected chi connectivity index (χ1v) is 7.49. The highest BCUT2D eigenvalue weighted by Gasteiger charge is 2.11. The minimum Gasteiger partial charge on any atom is -0.303 e. The van der Waals surface area contributed by atoms with Crippen molar-refractivity contribution >= 4 is 17.1 Å². The van der Waals surface area contributed by atoms with Crippen molar-refractivity contribution in [1.82, 2.24) is 4.90 Å². The Labute approximate surface area is 108 Å². The highest BCUT2D eigenvalue weighted by Crippen LogP contribution is 2.12. The van der Waals surface area contributed by atoms with Crippen LogP contribution in [0.15, 0.2) is 17.5 Å². The highest BCUT2D eigenvalue weighted by atomic mass is 32.1. The molecule has 0 atom stereocenters. The molecule has 17 heavy (non-hydrogen) atoms. The number of hydrogen-bond donors (Lipinski definition) is 0. The standard InChI is InChI=1S/C14H21NOS/c16-13(12-14-6-5-11-17-14)7-10-15-8-3-1-2-4-9-15/h5-6,11H,1-4,7-10,12H2. The summed E-state index contributed by atoms with van der Waals surface area (Å²) >= 11 is 1.68. The molecule has 0 saturated carbocycles. The molecule has 1 aliphatic heterocycles. The van der Waals surface area contributed by atoms with Gasteiger partial charge in [-0.05, 0) is 37.4 Å². The summed E-state index contributed by atoms with van der Waals surface area (Å²) in [5.41, 5.74) is 0. The minimum absolute atomic E-state index is 0.386. The zero-order chi connectivity index (χ0) is 11.9. The summed E-state index contributed by atoms with van der Waals surface area (Å²) in [6.45, 7) is 3.34. The lowest BCUT2D eigenvalue weighted by Gasteiger charge is -2.18. The molecule has 2 nitrogen and oxygen atoms in total. The fourth-order valence-electron chi connectivity index (χ4n) is 2.34. The highest BCUT2D eigenvalue weighted by molar-refractivity contribution is 7.10. The predicted molar refractivity (Wildman–Crippen MR) is 72.6 cm³/mol. The molecule has 1 fully saturated rings. The van der Waals surface area contributed by atoms with Gasteiger partial charge in [0, 0.05) is 24.3 Å². The molecular weight excluding hydrogens is 230 g/mol. The van der Waals surface area contributed by atoms with E-state index in [-0.39, 0.29) is 0 Å². The van der Waals surface area contributed by atoms with Crippen molar-refractivity contribution in [3.05, 3.63) is 22.4 Å². The Morgan fingerprint density at radius 3 is 2.65 bits per heavy atom. The summed E-state index contributed by atoms with van der Waals surface area (Å²) in [6, 6.07) is 4.07. The molecule has 0 N–H and O–H groups in total. The van der Waals surface area contributed by atoms with Gasteiger partial charge in [-0.15, -0.1) is 11.3 Å². The molecule has 0 bridgehead atoms. The second kappa shape index (κ2) is 6.92. The van der Waals surface area contributed by atoms with Crippen LogP contribution in [0.2, 0.25) is 0 Å². The second-order valence-electron chi connectivity index (χ2n) is 4.80. The van der Waals surface area contributed by atoms with E-state index in [0.29, 0.717) is 12.2 Å². The average molecular weight is 251 g/mol. The average Bonchev–Trinajstić information content (AvgIpc) is 2.68. The number of Topliss-reactive ketones (excluding diaryl/α,β-unsaturated/α-hetero) is 1. The van der Waals surface area contributed by atoms with E-state index in [1.165, 1.54) is 43.6 Å². The molecule has 1 aliphatic rings. The number of carbonyl (C=O) groups excluding carboxylic acids is 1. The Hall–Kier alpha value is -0.670. The third-order valence-electron chi connectivity index (χ3n) is 3.36. The van der Waals surface area contributed by atoms with Gasteiger partial charge in [-0.3, -0.25) is 4.79 Å². The number of ketones is 1. The molecule has 0 spiro atoms. The second-order valence-corrected chi connectivity index (χ2v) is 5.83. The third-order valence-corrected chi connectivity index (χ3v) is 4.23. The fourth-order valence-corrected chi connectivity index (χ4v) is 3.07. The van der Waals surface area contributed by atoms with Crippen molar-refractivity contribution in [3.63, 3.8) is 0 Å². The molecule has 0 radical (unpaired) electrons. The van der Waals surface area contributed by atoms with Crippen LogP contribution >= 0.6 is 11.3 Å². The van der Waals surface area contributed by atoms with Crippen molar-refractivity contribution in [2.24, 2.45) is 0 Å². The van der Waals surface area contributed by atoms with Crippen LogP contribution in [0.4, 0.5) is 0 Å². The zero-order valence-electron chi connectivity index (χ0n) is 10.4. The Morgan fingerprint density at radius 2 is 2.00 bits per heavy atom. The van der Waals surface area contributed by atoms with Crippen LogP contribution in [0, 0.1) is 0 Å². The lowest BCUT2D eigenvalue weighted by atomic mass is 10.2. The minimum atomic E-state index is 0.386. The number of thiophene rings is 1. The Morgan fingerprint density at radius 1 is 1.24 bits per heavy atom. The van der Waals surface area contributed by atoms with E-state index < -0.39 is 0 Å². The van der Waals surface area contributed by atoms with Crippen molar-refractivity contribution in [1.29, 1.82) is 0 Å². The molecule has 1 aromatic rings. The van der Waals surface area contributed by atoms with Gasteiger partial charge in [0.1, 0.15) is 5.78 Å². The maximum absolute atomic E-state index is 11.8. The first-order valence-electron chi connectivity index (χ1n) is 6.61. The van der Waals surface area contributed by atoms with E-state index in [2.05, 4.69) is 11.0 Å². The Balaban J connectivity index is 1.68. The number of hydrogen-bond acceptors (Lipinski definition) is 3. The molecule has 1 saturated heterocycles. The number of nitrogens with zero attached hydrogens (tertiary/aromatic N) is 1. The monoisotopic (exact) mass is 251 g/mol. The van der Waals surface area contributed by atoms with Crippen molar-refractivity contribution in [3.8, 4) is 0 Å². The Kier molecular flexibility index (Phi) is 5.20. The quantitative estimate of drug-likeness (QED) is 0.801. The topological polar surface area (TPSA) is 20.3 Å². The lowest BCUT2D eigenvalue weighted by molar-refractivity contribution is -0.118. The fraction of sp³-hybridized carbons (Fsp3) is 0.643. The molecule has 2 heterocycles. The van der Waals surface area contributed by atoms with Gasteiger partial charge in [0.2, 0.25) is 0 Å². The van der Waals surface area contributed by atoms with Crippen molar-refractivity contribution < 1.29 is 4.79 Å². The van der Waals surface area contributed by atoms with Crippen LogP contribution in [0.5, 0.6) is 0 Å². The van der Waals surface area contributed by atoms with Crippen LogP contribution in [0.25, 0.3) is 0 Å². The predicted octanol–water partition coefficient (Wildman–Crippen LogP) is 3.13. The van der Waals surface area contributed by atoms with Crippen molar-refractivity contribution in [2.75, 3.05) is 19.6 Å². The summed E-state index contributed by atoms with van der Waals surface area (Å²) < 4.78 is 0. The number of rotatable bonds is 5. The smallest absolute Gasteiger partial charge is 0.139 e. The molecule has 0 aliphatic carbocycles. The third kappa shape index (κ3) is 4.60. The Bertz CT molecular complexity index is 326. The van der Waals surface area contributed by atoms with Gasteiger partial charge in [0.25, 0.3) is 0 Å². The van der Waals surface area contributed by atoms with Crippen LogP contribution in [-0.2, 0) is 11.2 Å². The zero-order valence-corrected chi connectivity index (χ0v) is 11.2. The maximum Gasteiger partial charge on any atom is 0.139 e. The molecule has 0 unspecified atom stereocenters. The van der Waals surface area contributed by atoms with E-state index in [1.807, 2.05) is 11.4 Å². The first-order chi connectivity index (χ1) is 8.34. The van der Waals surface area contributed by atoms with E-state index in [9.17, 15) is 4.79 Å². The van der Waals surface area contributed by atoms with Crippen LogP contribution < -0.4 is 0 Å². The number of carbonyl (C=O) groups is 1. The van der Waals surface area contributed by atoms with E-state index in [0.717, 1.165) is 13.0 Å². The van der Waals surface area contributed by atoms with Crippen LogP contribution in [0.1, 0.15) is 37.0 Å². The number of likely N-dealkylation sites (tertiary alicyclic amines) is 1. The van der Waals surface area contributed by atoms with Crippen molar-refractivity contribution in [2.45, 2.75) is 38.5 Å². The largest absolute Gasteiger partial charge is 0.303 e. The van der Waals surface area contributed by atoms with Gasteiger partial charge < -0.3 is 4.90 Å². The summed E-state index contributed by atoms with van der Waals surface area (Å²) in [4.78, 5) is 15.5.